The first-order valence-corrected chi connectivity index (χ1v) is 13.7. The molecule has 0 bridgehead atoms. The van der Waals surface area contributed by atoms with Gasteiger partial charge in [-0.2, -0.15) is 10.0 Å². The van der Waals surface area contributed by atoms with Gasteiger partial charge in [0.15, 0.2) is 12.0 Å². The van der Waals surface area contributed by atoms with E-state index in [9.17, 15) is 9.59 Å². The van der Waals surface area contributed by atoms with Crippen LogP contribution in [-0.2, 0) is 9.47 Å². The average molecular weight is 571 g/mol. The minimum atomic E-state index is -1.08. The summed E-state index contributed by atoms with van der Waals surface area (Å²) in [5, 5.41) is 5.50. The predicted molar refractivity (Wildman–Crippen MR) is 164 cm³/mol. The van der Waals surface area contributed by atoms with Crippen molar-refractivity contribution in [1.29, 1.82) is 0 Å². The number of pyridine rings is 1. The second-order valence-corrected chi connectivity index (χ2v) is 12.0. The summed E-state index contributed by atoms with van der Waals surface area (Å²) in [4.78, 5) is 42.1. The Morgan fingerprint density at radius 1 is 0.810 bits per heavy atom. The van der Waals surface area contributed by atoms with Crippen molar-refractivity contribution in [2.75, 3.05) is 5.32 Å². The molecule has 0 radical (unpaired) electrons. The molecular weight excluding hydrogens is 532 g/mol. The fourth-order valence-electron chi connectivity index (χ4n) is 3.94. The van der Waals surface area contributed by atoms with E-state index in [2.05, 4.69) is 10.3 Å². The number of carbonyl (C=O) groups excluding carboxylic acids is 2. The Labute approximate surface area is 247 Å². The molecule has 1 aromatic heterocycles. The lowest BCUT2D eigenvalue weighted by atomic mass is 10.2. The highest BCUT2D eigenvalue weighted by molar-refractivity contribution is 6.47. The van der Waals surface area contributed by atoms with Crippen LogP contribution < -0.4 is 5.32 Å². The van der Waals surface area contributed by atoms with Crippen molar-refractivity contribution in [1.82, 2.24) is 15.0 Å². The van der Waals surface area contributed by atoms with E-state index in [-0.39, 0.29) is 11.7 Å². The first-order chi connectivity index (χ1) is 19.7. The molecule has 1 aliphatic heterocycles. The maximum Gasteiger partial charge on any atom is 0.435 e. The third-order valence-corrected chi connectivity index (χ3v) is 5.79. The third kappa shape index (κ3) is 7.72. The Morgan fingerprint density at radius 2 is 1.38 bits per heavy atom. The second kappa shape index (κ2) is 12.0. The molecular formula is C32H38N6O4. The lowest BCUT2D eigenvalue weighted by molar-refractivity contribution is -0.0529. The summed E-state index contributed by atoms with van der Waals surface area (Å²) >= 11 is 0. The number of amides is 2. The van der Waals surface area contributed by atoms with E-state index in [4.69, 9.17) is 19.5 Å². The van der Waals surface area contributed by atoms with Crippen molar-refractivity contribution in [3.05, 3.63) is 89.7 Å². The van der Waals surface area contributed by atoms with Crippen molar-refractivity contribution in [3.8, 4) is 0 Å². The van der Waals surface area contributed by atoms with Gasteiger partial charge in [-0.1, -0.05) is 41.5 Å². The fraction of sp³-hybridized carbons (Fsp3) is 0.344. The van der Waals surface area contributed by atoms with Gasteiger partial charge in [0.25, 0.3) is 0 Å². The standard InChI is InChI=1S/C32H38N6O4/c1-21-12-16-23(17-13-21)34-26-28(35-24-18-14-22(2)15-19-24)38(30(40)42-32(6,7)8)37(29(39)41-31(3,4)5)27(36-26)25-11-9-10-20-33-25/h9-20,27H,1-8H3,(H,34,36). The first kappa shape index (κ1) is 30.2. The van der Waals surface area contributed by atoms with Gasteiger partial charge in [-0.05, 0) is 91.8 Å². The van der Waals surface area contributed by atoms with Crippen LogP contribution in [0, 0.1) is 13.8 Å². The van der Waals surface area contributed by atoms with Crippen LogP contribution in [0.2, 0.25) is 0 Å². The molecule has 4 rings (SSSR count). The molecule has 1 aliphatic rings. The Bertz CT molecular complexity index is 1470. The van der Waals surface area contributed by atoms with Gasteiger partial charge in [-0.25, -0.2) is 19.6 Å². The van der Waals surface area contributed by atoms with Gasteiger partial charge in [0, 0.05) is 11.9 Å². The topological polar surface area (TPSA) is 109 Å². The number of carbonyl (C=O) groups is 2. The van der Waals surface area contributed by atoms with Gasteiger partial charge in [-0.15, -0.1) is 0 Å². The number of hydrogen-bond donors (Lipinski definition) is 1. The number of nitrogens with zero attached hydrogens (tertiary/aromatic N) is 5. The molecule has 42 heavy (non-hydrogen) atoms. The number of aryl methyl sites for hydroxylation is 2. The number of anilines is 1. The first-order valence-electron chi connectivity index (χ1n) is 13.7. The quantitative estimate of drug-likeness (QED) is 0.353. The third-order valence-electron chi connectivity index (χ3n) is 5.79. The number of benzene rings is 2. The van der Waals surface area contributed by atoms with Crippen LogP contribution in [0.15, 0.2) is 82.9 Å². The summed E-state index contributed by atoms with van der Waals surface area (Å²) in [6.45, 7) is 14.5. The fourth-order valence-corrected chi connectivity index (χ4v) is 3.94. The zero-order valence-corrected chi connectivity index (χ0v) is 25.4. The molecule has 220 valence electrons. The van der Waals surface area contributed by atoms with Gasteiger partial charge in [-0.3, -0.25) is 4.98 Å². The SMILES string of the molecule is Cc1ccc(N=C2C(Nc3ccc(C)cc3)=NC(c3ccccn3)N(C(=O)OC(C)(C)C)N2C(=O)OC(C)(C)C)cc1. The summed E-state index contributed by atoms with van der Waals surface area (Å²) in [6.07, 6.45) is -1.14. The molecule has 0 fully saturated rings. The molecule has 0 aliphatic carbocycles. The summed E-state index contributed by atoms with van der Waals surface area (Å²) in [6, 6.07) is 20.4. The van der Waals surface area contributed by atoms with E-state index in [1.165, 1.54) is 0 Å². The number of ether oxygens (including phenoxy) is 2. The van der Waals surface area contributed by atoms with Crippen molar-refractivity contribution >= 4 is 35.2 Å². The van der Waals surface area contributed by atoms with Crippen LogP contribution in [0.1, 0.15) is 64.5 Å². The lowest BCUT2D eigenvalue weighted by Crippen LogP contribution is -2.61. The van der Waals surface area contributed by atoms with Crippen molar-refractivity contribution in [2.24, 2.45) is 9.98 Å². The maximum absolute atomic E-state index is 14.0. The summed E-state index contributed by atoms with van der Waals surface area (Å²) < 4.78 is 11.6. The predicted octanol–water partition coefficient (Wildman–Crippen LogP) is 7.34. The van der Waals surface area contributed by atoms with E-state index in [0.29, 0.717) is 17.1 Å². The lowest BCUT2D eigenvalue weighted by Gasteiger charge is -2.42. The van der Waals surface area contributed by atoms with Crippen molar-refractivity contribution < 1.29 is 19.1 Å². The Balaban J connectivity index is 1.99. The zero-order chi connectivity index (χ0) is 30.7. The van der Waals surface area contributed by atoms with Gasteiger partial charge in [0.05, 0.1) is 11.4 Å². The summed E-state index contributed by atoms with van der Waals surface area (Å²) in [7, 11) is 0. The number of nitrogens with one attached hydrogen (secondary N) is 1. The number of rotatable bonds is 3. The van der Waals surface area contributed by atoms with Crippen LogP contribution in [0.25, 0.3) is 0 Å². The maximum atomic E-state index is 14.0. The van der Waals surface area contributed by atoms with Crippen LogP contribution >= 0.6 is 0 Å². The monoisotopic (exact) mass is 570 g/mol. The van der Waals surface area contributed by atoms with Crippen LogP contribution in [0.5, 0.6) is 0 Å². The summed E-state index contributed by atoms with van der Waals surface area (Å²) in [5.74, 6) is 0.285. The normalized spacial score (nSPS) is 16.6. The molecule has 2 aromatic carbocycles. The molecule has 1 atom stereocenters. The Morgan fingerprint density at radius 3 is 1.93 bits per heavy atom. The van der Waals surface area contributed by atoms with Crippen LogP contribution in [-0.4, -0.2) is 50.1 Å². The van der Waals surface area contributed by atoms with Gasteiger partial charge in [0.1, 0.15) is 11.2 Å². The zero-order valence-electron chi connectivity index (χ0n) is 25.4. The van der Waals surface area contributed by atoms with Crippen molar-refractivity contribution in [3.63, 3.8) is 0 Å². The number of aliphatic imine (C=N–C) groups is 2. The van der Waals surface area contributed by atoms with E-state index >= 15 is 0 Å². The molecule has 3 aromatic rings. The minimum Gasteiger partial charge on any atom is -0.442 e. The number of amidine groups is 2. The van der Waals surface area contributed by atoms with E-state index < -0.39 is 29.6 Å². The molecule has 2 heterocycles. The van der Waals surface area contributed by atoms with Crippen molar-refractivity contribution in [2.45, 2.75) is 72.8 Å². The summed E-state index contributed by atoms with van der Waals surface area (Å²) in [5.41, 5.74) is 2.04. The minimum absolute atomic E-state index is 0.0479. The van der Waals surface area contributed by atoms with E-state index in [1.807, 2.05) is 62.4 Å². The second-order valence-electron chi connectivity index (χ2n) is 12.0. The van der Waals surface area contributed by atoms with Gasteiger partial charge < -0.3 is 14.8 Å². The highest BCUT2D eigenvalue weighted by Gasteiger charge is 2.46. The molecule has 1 unspecified atom stereocenters. The molecule has 2 amide bonds. The van der Waals surface area contributed by atoms with E-state index in [1.54, 1.807) is 65.9 Å². The number of aromatic nitrogens is 1. The Hall–Kier alpha value is -4.73. The highest BCUT2D eigenvalue weighted by atomic mass is 16.6. The van der Waals surface area contributed by atoms with Gasteiger partial charge >= 0.3 is 12.2 Å². The molecule has 10 heteroatoms. The molecule has 0 spiro atoms. The van der Waals surface area contributed by atoms with Crippen LogP contribution in [0.4, 0.5) is 21.0 Å². The number of hydrogen-bond acceptors (Lipinski definition) is 8. The van der Waals surface area contributed by atoms with E-state index in [0.717, 1.165) is 21.1 Å². The highest BCUT2D eigenvalue weighted by Crippen LogP contribution is 2.32. The molecule has 0 saturated heterocycles. The molecule has 10 nitrogen and oxygen atoms in total. The molecule has 1 N–H and O–H groups in total. The number of hydrazine groups is 1. The largest absolute Gasteiger partial charge is 0.442 e. The Kier molecular flexibility index (Phi) is 8.65. The average Bonchev–Trinajstić information content (AvgIpc) is 2.90. The molecule has 0 saturated carbocycles. The van der Waals surface area contributed by atoms with Crippen LogP contribution in [0.3, 0.4) is 0 Å². The van der Waals surface area contributed by atoms with Gasteiger partial charge in [0.2, 0.25) is 5.84 Å². The smallest absolute Gasteiger partial charge is 0.435 e.